The molecular formula is C14H14N2O2S. The Balaban J connectivity index is 2.12. The van der Waals surface area contributed by atoms with Gasteiger partial charge in [0.05, 0.1) is 19.3 Å². The van der Waals surface area contributed by atoms with Crippen molar-refractivity contribution < 1.29 is 5.11 Å². The number of thiophene rings is 1. The average Bonchev–Trinajstić information content (AvgIpc) is 2.81. The quantitative estimate of drug-likeness (QED) is 0.861. The first-order valence-corrected chi connectivity index (χ1v) is 6.78. The highest BCUT2D eigenvalue weighted by Gasteiger charge is 2.02. The third-order valence-electron chi connectivity index (χ3n) is 2.44. The van der Waals surface area contributed by atoms with E-state index in [0.29, 0.717) is 13.0 Å². The van der Waals surface area contributed by atoms with Crippen LogP contribution in [0, 0.1) is 18.8 Å². The first kappa shape index (κ1) is 13.5. The molecule has 2 aromatic rings. The standard InChI is InChI=1S/C14H14N2O2S/c1-11-6-14(18)16(15-8-11)9-13-7-12(10-19-13)4-2-3-5-17/h6-8,10,17H,3,5,9H2,1H3. The van der Waals surface area contributed by atoms with Crippen LogP contribution in [0.3, 0.4) is 0 Å². The zero-order chi connectivity index (χ0) is 13.7. The van der Waals surface area contributed by atoms with Crippen LogP contribution in [0.25, 0.3) is 0 Å². The molecule has 5 heteroatoms. The molecule has 0 spiro atoms. The minimum atomic E-state index is -0.0960. The lowest BCUT2D eigenvalue weighted by Crippen LogP contribution is -2.22. The van der Waals surface area contributed by atoms with E-state index in [1.54, 1.807) is 23.6 Å². The molecule has 0 radical (unpaired) electrons. The van der Waals surface area contributed by atoms with Gasteiger partial charge in [-0.2, -0.15) is 5.10 Å². The van der Waals surface area contributed by atoms with Crippen molar-refractivity contribution in [3.8, 4) is 11.8 Å². The molecule has 0 amide bonds. The Morgan fingerprint density at radius 3 is 3.05 bits per heavy atom. The van der Waals surface area contributed by atoms with Crippen molar-refractivity contribution in [2.45, 2.75) is 19.9 Å². The van der Waals surface area contributed by atoms with E-state index in [-0.39, 0.29) is 12.2 Å². The molecule has 0 bridgehead atoms. The van der Waals surface area contributed by atoms with Gasteiger partial charge in [0.2, 0.25) is 0 Å². The molecule has 0 atom stereocenters. The molecule has 0 saturated heterocycles. The number of hydrogen-bond acceptors (Lipinski definition) is 4. The Kier molecular flexibility index (Phi) is 4.50. The molecule has 4 nitrogen and oxygen atoms in total. The molecule has 2 rings (SSSR count). The van der Waals surface area contributed by atoms with E-state index in [1.807, 2.05) is 18.4 Å². The van der Waals surface area contributed by atoms with Gasteiger partial charge in [0, 0.05) is 28.3 Å². The molecule has 19 heavy (non-hydrogen) atoms. The summed E-state index contributed by atoms with van der Waals surface area (Å²) in [7, 11) is 0. The minimum absolute atomic E-state index is 0.0761. The summed E-state index contributed by atoms with van der Waals surface area (Å²) >= 11 is 1.55. The highest BCUT2D eigenvalue weighted by Crippen LogP contribution is 2.14. The van der Waals surface area contributed by atoms with E-state index in [0.717, 1.165) is 16.0 Å². The van der Waals surface area contributed by atoms with Crippen LogP contribution in [-0.4, -0.2) is 21.5 Å². The smallest absolute Gasteiger partial charge is 0.267 e. The molecule has 1 N–H and O–H groups in total. The Labute approximate surface area is 115 Å². The number of aliphatic hydroxyl groups excluding tert-OH is 1. The van der Waals surface area contributed by atoms with E-state index >= 15 is 0 Å². The van der Waals surface area contributed by atoms with Gasteiger partial charge in [-0.15, -0.1) is 11.3 Å². The molecule has 0 aromatic carbocycles. The SMILES string of the molecule is Cc1cnn(Cc2cc(C#CCCO)cs2)c(=O)c1. The number of hydrogen-bond donors (Lipinski definition) is 1. The summed E-state index contributed by atoms with van der Waals surface area (Å²) in [6.07, 6.45) is 2.15. The fraction of sp³-hybridized carbons (Fsp3) is 0.286. The largest absolute Gasteiger partial charge is 0.395 e. The van der Waals surface area contributed by atoms with Gasteiger partial charge in [-0.25, -0.2) is 4.68 Å². The Morgan fingerprint density at radius 1 is 1.47 bits per heavy atom. The fourth-order valence-corrected chi connectivity index (χ4v) is 2.34. The van der Waals surface area contributed by atoms with E-state index in [9.17, 15) is 4.79 Å². The molecule has 0 aliphatic rings. The number of aliphatic hydroxyl groups is 1. The summed E-state index contributed by atoms with van der Waals surface area (Å²) < 4.78 is 1.43. The summed E-state index contributed by atoms with van der Waals surface area (Å²) in [5.74, 6) is 5.84. The average molecular weight is 274 g/mol. The van der Waals surface area contributed by atoms with Crippen molar-refractivity contribution in [2.75, 3.05) is 6.61 Å². The zero-order valence-corrected chi connectivity index (χ0v) is 11.4. The number of aromatic nitrogens is 2. The van der Waals surface area contributed by atoms with Crippen molar-refractivity contribution in [3.63, 3.8) is 0 Å². The lowest BCUT2D eigenvalue weighted by molar-refractivity contribution is 0.305. The third kappa shape index (κ3) is 3.78. The summed E-state index contributed by atoms with van der Waals surface area (Å²) in [4.78, 5) is 12.7. The Bertz CT molecular complexity index is 676. The van der Waals surface area contributed by atoms with Crippen LogP contribution in [0.1, 0.15) is 22.4 Å². The van der Waals surface area contributed by atoms with Crippen LogP contribution in [0.2, 0.25) is 0 Å². The maximum atomic E-state index is 11.7. The predicted molar refractivity (Wildman–Crippen MR) is 75.2 cm³/mol. The van der Waals surface area contributed by atoms with Crippen LogP contribution in [0.5, 0.6) is 0 Å². The summed E-state index contributed by atoms with van der Waals surface area (Å²) in [5.41, 5.74) is 1.68. The number of aryl methyl sites for hydroxylation is 1. The van der Waals surface area contributed by atoms with E-state index < -0.39 is 0 Å². The second-order valence-corrected chi connectivity index (χ2v) is 5.10. The topological polar surface area (TPSA) is 55.1 Å². The van der Waals surface area contributed by atoms with Crippen molar-refractivity contribution in [3.05, 3.63) is 50.1 Å². The van der Waals surface area contributed by atoms with E-state index in [4.69, 9.17) is 5.11 Å². The van der Waals surface area contributed by atoms with Gasteiger partial charge in [-0.3, -0.25) is 4.79 Å². The van der Waals surface area contributed by atoms with Gasteiger partial charge in [-0.1, -0.05) is 11.8 Å². The third-order valence-corrected chi connectivity index (χ3v) is 3.36. The summed E-state index contributed by atoms with van der Waals surface area (Å²) in [6.45, 7) is 2.39. The maximum absolute atomic E-state index is 11.7. The van der Waals surface area contributed by atoms with Crippen molar-refractivity contribution >= 4 is 11.3 Å². The van der Waals surface area contributed by atoms with Gasteiger partial charge < -0.3 is 5.11 Å². The molecule has 0 aliphatic carbocycles. The molecule has 0 fully saturated rings. The molecule has 2 heterocycles. The highest BCUT2D eigenvalue weighted by molar-refractivity contribution is 7.10. The first-order valence-electron chi connectivity index (χ1n) is 5.90. The van der Waals surface area contributed by atoms with Crippen LogP contribution < -0.4 is 5.56 Å². The second-order valence-electron chi connectivity index (χ2n) is 4.11. The monoisotopic (exact) mass is 274 g/mol. The van der Waals surface area contributed by atoms with E-state index in [2.05, 4.69) is 16.9 Å². The molecular weight excluding hydrogens is 260 g/mol. The van der Waals surface area contributed by atoms with Crippen LogP contribution in [0.15, 0.2) is 28.5 Å². The number of rotatable bonds is 3. The van der Waals surface area contributed by atoms with E-state index in [1.165, 1.54) is 4.68 Å². The lowest BCUT2D eigenvalue weighted by atomic mass is 10.3. The van der Waals surface area contributed by atoms with Gasteiger partial charge in [0.25, 0.3) is 5.56 Å². The van der Waals surface area contributed by atoms with Crippen molar-refractivity contribution in [1.29, 1.82) is 0 Å². The Morgan fingerprint density at radius 2 is 2.32 bits per heavy atom. The molecule has 0 aliphatic heterocycles. The molecule has 98 valence electrons. The second kappa shape index (κ2) is 6.32. The van der Waals surface area contributed by atoms with Gasteiger partial charge in [0.15, 0.2) is 0 Å². The Hall–Kier alpha value is -1.90. The van der Waals surface area contributed by atoms with Crippen LogP contribution in [-0.2, 0) is 6.54 Å². The normalized spacial score (nSPS) is 10.0. The maximum Gasteiger partial charge on any atom is 0.267 e. The summed E-state index contributed by atoms with van der Waals surface area (Å²) in [5, 5.41) is 14.7. The predicted octanol–water partition coefficient (Wildman–Crippen LogP) is 1.40. The van der Waals surface area contributed by atoms with Crippen LogP contribution in [0.4, 0.5) is 0 Å². The fourth-order valence-electron chi connectivity index (χ4n) is 1.54. The molecule has 0 unspecified atom stereocenters. The zero-order valence-electron chi connectivity index (χ0n) is 10.6. The summed E-state index contributed by atoms with van der Waals surface area (Å²) in [6, 6.07) is 3.52. The van der Waals surface area contributed by atoms with Crippen molar-refractivity contribution in [1.82, 2.24) is 9.78 Å². The molecule has 2 aromatic heterocycles. The number of nitrogens with zero attached hydrogens (tertiary/aromatic N) is 2. The van der Waals surface area contributed by atoms with Gasteiger partial charge >= 0.3 is 0 Å². The van der Waals surface area contributed by atoms with Gasteiger partial charge in [0.1, 0.15) is 0 Å². The van der Waals surface area contributed by atoms with Crippen molar-refractivity contribution in [2.24, 2.45) is 0 Å². The molecule has 0 saturated carbocycles. The minimum Gasteiger partial charge on any atom is -0.395 e. The first-order chi connectivity index (χ1) is 9.19. The van der Waals surface area contributed by atoms with Crippen LogP contribution >= 0.6 is 11.3 Å². The van der Waals surface area contributed by atoms with Gasteiger partial charge in [-0.05, 0) is 18.6 Å². The lowest BCUT2D eigenvalue weighted by Gasteiger charge is -2.01. The highest BCUT2D eigenvalue weighted by atomic mass is 32.1.